The molecule has 1 saturated heterocycles. The number of aromatic nitrogens is 1. The Bertz CT molecular complexity index is 1050. The van der Waals surface area contributed by atoms with Crippen LogP contribution in [0, 0.1) is 0 Å². The zero-order valence-corrected chi connectivity index (χ0v) is 16.4. The van der Waals surface area contributed by atoms with Crippen LogP contribution in [0.3, 0.4) is 0 Å². The van der Waals surface area contributed by atoms with E-state index in [4.69, 9.17) is 4.42 Å². The van der Waals surface area contributed by atoms with Gasteiger partial charge >= 0.3 is 6.03 Å². The van der Waals surface area contributed by atoms with Crippen molar-refractivity contribution in [1.82, 2.24) is 20.7 Å². The number of hydrazine groups is 1. The molecule has 2 heterocycles. The number of hydrogen-bond donors (Lipinski definition) is 2. The summed E-state index contributed by atoms with van der Waals surface area (Å²) >= 11 is 1.08. The summed E-state index contributed by atoms with van der Waals surface area (Å²) in [4.78, 5) is 42.0. The molecule has 9 heteroatoms. The highest BCUT2D eigenvalue weighted by Crippen LogP contribution is 2.31. The molecule has 3 aromatic rings. The predicted octanol–water partition coefficient (Wildman–Crippen LogP) is 2.81. The summed E-state index contributed by atoms with van der Waals surface area (Å²) in [5.41, 5.74) is 3.17. The SMILES string of the molecule is CCC1(c2ccccc2)NC(=O)N(NC(=O)CSc2nc3ccccc3o2)C1=O. The zero-order chi connectivity index (χ0) is 20.4. The molecule has 0 spiro atoms. The Hall–Kier alpha value is -3.33. The lowest BCUT2D eigenvalue weighted by Crippen LogP contribution is -2.49. The number of carbonyl (C=O) groups is 3. The van der Waals surface area contributed by atoms with Crippen LogP contribution in [0.5, 0.6) is 0 Å². The van der Waals surface area contributed by atoms with E-state index in [9.17, 15) is 14.4 Å². The number of fused-ring (bicyclic) bond motifs is 1. The van der Waals surface area contributed by atoms with E-state index in [1.807, 2.05) is 24.3 Å². The Kier molecular flexibility index (Phi) is 4.98. The first kappa shape index (κ1) is 19.0. The molecule has 1 atom stereocenters. The van der Waals surface area contributed by atoms with Gasteiger partial charge in [0.15, 0.2) is 5.58 Å². The van der Waals surface area contributed by atoms with Crippen molar-refractivity contribution < 1.29 is 18.8 Å². The molecular formula is C20H18N4O4S. The van der Waals surface area contributed by atoms with E-state index in [1.54, 1.807) is 37.3 Å². The zero-order valence-electron chi connectivity index (χ0n) is 15.5. The van der Waals surface area contributed by atoms with Crippen LogP contribution in [0.15, 0.2) is 64.2 Å². The van der Waals surface area contributed by atoms with Gasteiger partial charge in [0, 0.05) is 0 Å². The number of nitrogens with one attached hydrogen (secondary N) is 2. The van der Waals surface area contributed by atoms with Crippen molar-refractivity contribution in [3.05, 3.63) is 60.2 Å². The summed E-state index contributed by atoms with van der Waals surface area (Å²) in [5, 5.41) is 3.80. The van der Waals surface area contributed by atoms with Crippen molar-refractivity contribution in [1.29, 1.82) is 0 Å². The topological polar surface area (TPSA) is 105 Å². The first-order valence-electron chi connectivity index (χ1n) is 9.03. The molecule has 29 heavy (non-hydrogen) atoms. The minimum absolute atomic E-state index is 0.0612. The highest BCUT2D eigenvalue weighted by Gasteiger charge is 2.52. The van der Waals surface area contributed by atoms with Crippen molar-refractivity contribution in [3.63, 3.8) is 0 Å². The Morgan fingerprint density at radius 1 is 1.17 bits per heavy atom. The molecule has 4 amide bonds. The number of carbonyl (C=O) groups excluding carboxylic acids is 3. The number of hydrogen-bond acceptors (Lipinski definition) is 6. The molecule has 1 aliphatic heterocycles. The monoisotopic (exact) mass is 410 g/mol. The lowest BCUT2D eigenvalue weighted by molar-refractivity contribution is -0.138. The molecule has 2 aromatic carbocycles. The number of urea groups is 1. The average molecular weight is 410 g/mol. The summed E-state index contributed by atoms with van der Waals surface area (Å²) in [7, 11) is 0. The van der Waals surface area contributed by atoms with Crippen molar-refractivity contribution >= 4 is 40.7 Å². The summed E-state index contributed by atoms with van der Waals surface area (Å²) in [5.74, 6) is -1.09. The number of rotatable bonds is 6. The van der Waals surface area contributed by atoms with Crippen molar-refractivity contribution in [3.8, 4) is 0 Å². The third kappa shape index (κ3) is 3.44. The second kappa shape index (κ2) is 7.59. The van der Waals surface area contributed by atoms with Crippen molar-refractivity contribution in [2.75, 3.05) is 5.75 Å². The van der Waals surface area contributed by atoms with Gasteiger partial charge in [0.25, 0.3) is 11.1 Å². The molecule has 0 saturated carbocycles. The van der Waals surface area contributed by atoms with Crippen LogP contribution >= 0.6 is 11.8 Å². The maximum Gasteiger partial charge on any atom is 0.344 e. The fraction of sp³-hybridized carbons (Fsp3) is 0.200. The molecule has 0 bridgehead atoms. The Morgan fingerprint density at radius 2 is 1.90 bits per heavy atom. The predicted molar refractivity (Wildman–Crippen MR) is 107 cm³/mol. The molecule has 0 radical (unpaired) electrons. The van der Waals surface area contributed by atoms with Crippen LogP contribution < -0.4 is 10.7 Å². The number of imide groups is 1. The van der Waals surface area contributed by atoms with Crippen molar-refractivity contribution in [2.24, 2.45) is 0 Å². The van der Waals surface area contributed by atoms with Crippen LogP contribution in [0.4, 0.5) is 4.79 Å². The van der Waals surface area contributed by atoms with Gasteiger partial charge in [0.05, 0.1) is 5.75 Å². The largest absolute Gasteiger partial charge is 0.431 e. The number of para-hydroxylation sites is 2. The fourth-order valence-corrected chi connectivity index (χ4v) is 3.87. The first-order chi connectivity index (χ1) is 14.0. The number of nitrogens with zero attached hydrogens (tertiary/aromatic N) is 2. The number of oxazole rings is 1. The minimum atomic E-state index is -1.20. The van der Waals surface area contributed by atoms with E-state index in [0.29, 0.717) is 28.3 Å². The molecule has 2 N–H and O–H groups in total. The maximum absolute atomic E-state index is 13.0. The third-order valence-corrected chi connectivity index (χ3v) is 5.55. The molecule has 148 valence electrons. The van der Waals surface area contributed by atoms with Crippen LogP contribution in [0.1, 0.15) is 18.9 Å². The molecule has 1 fully saturated rings. The lowest BCUT2D eigenvalue weighted by atomic mass is 9.87. The van der Waals surface area contributed by atoms with Gasteiger partial charge in [-0.15, -0.1) is 0 Å². The van der Waals surface area contributed by atoms with E-state index >= 15 is 0 Å². The molecular weight excluding hydrogens is 392 g/mol. The Balaban J connectivity index is 1.44. The van der Waals surface area contributed by atoms with E-state index in [1.165, 1.54) is 0 Å². The van der Waals surface area contributed by atoms with Gasteiger partial charge in [0.1, 0.15) is 11.1 Å². The second-order valence-electron chi connectivity index (χ2n) is 6.47. The van der Waals surface area contributed by atoms with Gasteiger partial charge in [-0.3, -0.25) is 15.0 Å². The molecule has 1 aromatic heterocycles. The highest BCUT2D eigenvalue weighted by molar-refractivity contribution is 7.99. The standard InChI is InChI=1S/C20H18N4O4S/c1-2-20(13-8-4-3-5-9-13)17(26)24(18(27)22-20)23-16(25)12-29-19-21-14-10-6-7-11-15(14)28-19/h3-11H,2,12H2,1H3,(H,22,27)(H,23,25). The van der Waals surface area contributed by atoms with Crippen molar-refractivity contribution in [2.45, 2.75) is 24.1 Å². The van der Waals surface area contributed by atoms with E-state index < -0.39 is 23.4 Å². The smallest absolute Gasteiger partial charge is 0.344 e. The maximum atomic E-state index is 13.0. The molecule has 4 rings (SSSR count). The van der Waals surface area contributed by atoms with E-state index in [0.717, 1.165) is 16.8 Å². The first-order valence-corrected chi connectivity index (χ1v) is 10.0. The second-order valence-corrected chi connectivity index (χ2v) is 7.39. The normalized spacial score (nSPS) is 18.9. The quantitative estimate of drug-likeness (QED) is 0.478. The molecule has 8 nitrogen and oxygen atoms in total. The van der Waals surface area contributed by atoms with Gasteiger partial charge in [-0.25, -0.2) is 9.78 Å². The Morgan fingerprint density at radius 3 is 2.62 bits per heavy atom. The third-order valence-electron chi connectivity index (χ3n) is 4.73. The summed E-state index contributed by atoms with van der Waals surface area (Å²) < 4.78 is 5.55. The van der Waals surface area contributed by atoms with E-state index in [-0.39, 0.29) is 5.75 Å². The Labute approximate surface area is 170 Å². The number of thioether (sulfide) groups is 1. The van der Waals surface area contributed by atoms with Gasteiger partial charge in [-0.1, -0.05) is 61.2 Å². The molecule has 1 unspecified atom stereocenters. The van der Waals surface area contributed by atoms with Gasteiger partial charge in [0.2, 0.25) is 5.91 Å². The molecule has 1 aliphatic rings. The van der Waals surface area contributed by atoms with Crippen LogP contribution in [0.25, 0.3) is 11.1 Å². The van der Waals surface area contributed by atoms with Gasteiger partial charge < -0.3 is 9.73 Å². The lowest BCUT2D eigenvalue weighted by Gasteiger charge is -2.25. The van der Waals surface area contributed by atoms with Crippen LogP contribution in [0.2, 0.25) is 0 Å². The minimum Gasteiger partial charge on any atom is -0.431 e. The van der Waals surface area contributed by atoms with Crippen LogP contribution in [-0.2, 0) is 15.1 Å². The number of benzene rings is 2. The molecule has 0 aliphatic carbocycles. The summed E-state index contributed by atoms with van der Waals surface area (Å²) in [6.07, 6.45) is 0.353. The van der Waals surface area contributed by atoms with Crippen LogP contribution in [-0.4, -0.2) is 33.6 Å². The highest BCUT2D eigenvalue weighted by atomic mass is 32.2. The summed E-state index contributed by atoms with van der Waals surface area (Å²) in [6.45, 7) is 1.81. The summed E-state index contributed by atoms with van der Waals surface area (Å²) in [6, 6.07) is 15.6. The van der Waals surface area contributed by atoms with Gasteiger partial charge in [-0.05, 0) is 24.1 Å². The average Bonchev–Trinajstić information content (AvgIpc) is 3.27. The van der Waals surface area contributed by atoms with E-state index in [2.05, 4.69) is 15.7 Å². The number of amides is 4. The van der Waals surface area contributed by atoms with Gasteiger partial charge in [-0.2, -0.15) is 5.01 Å². The fourth-order valence-electron chi connectivity index (χ4n) is 3.24.